The van der Waals surface area contributed by atoms with Crippen LogP contribution in [0, 0.1) is 5.82 Å². The second kappa shape index (κ2) is 8.68. The number of halogens is 2. The van der Waals surface area contributed by atoms with Crippen molar-refractivity contribution in [3.63, 3.8) is 0 Å². The predicted molar refractivity (Wildman–Crippen MR) is 104 cm³/mol. The van der Waals surface area contributed by atoms with Crippen molar-refractivity contribution in [2.45, 2.75) is 45.7 Å². The smallest absolute Gasteiger partial charge is 0.165 e. The minimum absolute atomic E-state index is 0. The summed E-state index contributed by atoms with van der Waals surface area (Å²) < 4.78 is 20.2. The first kappa shape index (κ1) is 19.7. The Balaban J connectivity index is 0.00000225. The molecule has 0 N–H and O–H groups in total. The van der Waals surface area contributed by atoms with E-state index in [1.54, 1.807) is 0 Å². The van der Waals surface area contributed by atoms with Gasteiger partial charge < -0.3 is 4.74 Å². The minimum atomic E-state index is -0.255. The number of nitrogens with zero attached hydrogens (tertiary/aromatic N) is 1. The van der Waals surface area contributed by atoms with E-state index in [0.29, 0.717) is 24.4 Å². The Bertz CT molecular complexity index is 690. The Kier molecular flexibility index (Phi) is 6.86. The van der Waals surface area contributed by atoms with Crippen molar-refractivity contribution >= 4 is 12.4 Å². The van der Waals surface area contributed by atoms with Crippen LogP contribution in [0.5, 0.6) is 5.75 Å². The molecule has 1 atom stereocenters. The Hall–Kier alpha value is -1.58. The molecule has 136 valence electrons. The van der Waals surface area contributed by atoms with Crippen LogP contribution in [0.1, 0.15) is 32.8 Å². The SMILES string of the molecule is CCCN(C(C)C)C1COc2c(F)ccc(-c3ccccc3)c2C1.Cl. The van der Waals surface area contributed by atoms with Gasteiger partial charge in [0, 0.05) is 17.6 Å². The van der Waals surface area contributed by atoms with Gasteiger partial charge in [-0.25, -0.2) is 4.39 Å². The molecule has 0 fully saturated rings. The second-order valence-electron chi connectivity index (χ2n) is 6.77. The van der Waals surface area contributed by atoms with Gasteiger partial charge in [0.25, 0.3) is 0 Å². The summed E-state index contributed by atoms with van der Waals surface area (Å²) in [5.74, 6) is 0.183. The third kappa shape index (κ3) is 4.16. The Morgan fingerprint density at radius 1 is 1.16 bits per heavy atom. The van der Waals surface area contributed by atoms with Crippen LogP contribution in [-0.2, 0) is 6.42 Å². The molecule has 2 nitrogen and oxygen atoms in total. The average Bonchev–Trinajstić information content (AvgIpc) is 2.60. The fourth-order valence-electron chi connectivity index (χ4n) is 3.65. The Morgan fingerprint density at radius 2 is 1.88 bits per heavy atom. The van der Waals surface area contributed by atoms with E-state index in [-0.39, 0.29) is 18.2 Å². The van der Waals surface area contributed by atoms with Crippen LogP contribution in [0.4, 0.5) is 4.39 Å². The highest BCUT2D eigenvalue weighted by atomic mass is 35.5. The van der Waals surface area contributed by atoms with E-state index < -0.39 is 0 Å². The monoisotopic (exact) mass is 363 g/mol. The molecule has 0 saturated carbocycles. The van der Waals surface area contributed by atoms with Crippen molar-refractivity contribution in [1.82, 2.24) is 4.90 Å². The van der Waals surface area contributed by atoms with E-state index in [4.69, 9.17) is 4.74 Å². The average molecular weight is 364 g/mol. The predicted octanol–water partition coefficient (Wildman–Crippen LogP) is 5.34. The van der Waals surface area contributed by atoms with Crippen LogP contribution < -0.4 is 4.74 Å². The van der Waals surface area contributed by atoms with Gasteiger partial charge in [-0.3, -0.25) is 4.90 Å². The summed E-state index contributed by atoms with van der Waals surface area (Å²) in [5.41, 5.74) is 3.20. The standard InChI is InChI=1S/C21H26FNO.ClH/c1-4-12-23(15(2)3)17-13-19-18(16-8-6-5-7-9-16)10-11-20(22)21(19)24-14-17;/h5-11,15,17H,4,12-14H2,1-3H3;1H. The van der Waals surface area contributed by atoms with Crippen LogP contribution in [0.3, 0.4) is 0 Å². The van der Waals surface area contributed by atoms with Gasteiger partial charge in [-0.15, -0.1) is 12.4 Å². The number of fused-ring (bicyclic) bond motifs is 1. The third-order valence-corrected chi connectivity index (χ3v) is 4.77. The summed E-state index contributed by atoms with van der Waals surface area (Å²) in [6.45, 7) is 8.23. The molecule has 2 aromatic carbocycles. The molecule has 0 aromatic heterocycles. The van der Waals surface area contributed by atoms with E-state index in [9.17, 15) is 4.39 Å². The highest BCUT2D eigenvalue weighted by Gasteiger charge is 2.30. The molecule has 1 aliphatic rings. The van der Waals surface area contributed by atoms with E-state index in [0.717, 1.165) is 36.1 Å². The maximum absolute atomic E-state index is 14.3. The summed E-state index contributed by atoms with van der Waals surface area (Å²) in [6, 6.07) is 14.3. The normalized spacial score (nSPS) is 16.3. The molecule has 2 aromatic rings. The molecule has 0 saturated heterocycles. The minimum Gasteiger partial charge on any atom is -0.489 e. The molecule has 1 heterocycles. The first-order valence-electron chi connectivity index (χ1n) is 8.87. The first-order chi connectivity index (χ1) is 11.6. The molecule has 0 spiro atoms. The van der Waals surface area contributed by atoms with Gasteiger partial charge in [0.15, 0.2) is 11.6 Å². The Morgan fingerprint density at radius 3 is 2.52 bits per heavy atom. The maximum atomic E-state index is 14.3. The zero-order valence-electron chi connectivity index (χ0n) is 15.2. The van der Waals surface area contributed by atoms with Crippen molar-refractivity contribution in [2.75, 3.05) is 13.2 Å². The molecular formula is C21H27ClFNO. The summed E-state index contributed by atoms with van der Waals surface area (Å²) in [4.78, 5) is 2.47. The molecule has 25 heavy (non-hydrogen) atoms. The van der Waals surface area contributed by atoms with Crippen molar-refractivity contribution in [1.29, 1.82) is 0 Å². The maximum Gasteiger partial charge on any atom is 0.165 e. The number of ether oxygens (including phenoxy) is 1. The van der Waals surface area contributed by atoms with Crippen molar-refractivity contribution in [3.05, 3.63) is 53.8 Å². The first-order valence-corrected chi connectivity index (χ1v) is 8.87. The van der Waals surface area contributed by atoms with Crippen molar-refractivity contribution in [2.24, 2.45) is 0 Å². The van der Waals surface area contributed by atoms with Gasteiger partial charge in [0.2, 0.25) is 0 Å². The summed E-state index contributed by atoms with van der Waals surface area (Å²) in [6.07, 6.45) is 1.94. The largest absolute Gasteiger partial charge is 0.489 e. The zero-order valence-corrected chi connectivity index (χ0v) is 16.0. The number of rotatable bonds is 5. The fourth-order valence-corrected chi connectivity index (χ4v) is 3.65. The van der Waals surface area contributed by atoms with E-state index in [2.05, 4.69) is 37.8 Å². The highest BCUT2D eigenvalue weighted by molar-refractivity contribution is 5.85. The molecule has 3 rings (SSSR count). The molecule has 0 amide bonds. The topological polar surface area (TPSA) is 12.5 Å². The summed E-state index contributed by atoms with van der Waals surface area (Å²) in [7, 11) is 0. The van der Waals surface area contributed by atoms with Crippen LogP contribution in [0.25, 0.3) is 11.1 Å². The van der Waals surface area contributed by atoms with Gasteiger partial charge in [0.05, 0.1) is 0 Å². The number of hydrogen-bond donors (Lipinski definition) is 0. The van der Waals surface area contributed by atoms with Gasteiger partial charge in [-0.05, 0) is 50.4 Å². The quantitative estimate of drug-likeness (QED) is 0.711. The lowest BCUT2D eigenvalue weighted by Gasteiger charge is -2.38. The van der Waals surface area contributed by atoms with Gasteiger partial charge >= 0.3 is 0 Å². The Labute approximate surface area is 156 Å². The van der Waals surface area contributed by atoms with Crippen LogP contribution in [-0.4, -0.2) is 30.1 Å². The van der Waals surface area contributed by atoms with Gasteiger partial charge in [-0.1, -0.05) is 43.3 Å². The van der Waals surface area contributed by atoms with Crippen LogP contribution in [0.2, 0.25) is 0 Å². The molecule has 0 bridgehead atoms. The summed E-state index contributed by atoms with van der Waals surface area (Å²) in [5, 5.41) is 0. The summed E-state index contributed by atoms with van der Waals surface area (Å²) >= 11 is 0. The molecule has 4 heteroatoms. The highest BCUT2D eigenvalue weighted by Crippen LogP contribution is 2.37. The lowest BCUT2D eigenvalue weighted by molar-refractivity contribution is 0.0903. The fraction of sp³-hybridized carbons (Fsp3) is 0.429. The van der Waals surface area contributed by atoms with Crippen molar-refractivity contribution in [3.8, 4) is 16.9 Å². The third-order valence-electron chi connectivity index (χ3n) is 4.77. The van der Waals surface area contributed by atoms with Crippen LogP contribution >= 0.6 is 12.4 Å². The number of hydrogen-bond acceptors (Lipinski definition) is 2. The lowest BCUT2D eigenvalue weighted by atomic mass is 9.91. The second-order valence-corrected chi connectivity index (χ2v) is 6.77. The van der Waals surface area contributed by atoms with E-state index in [1.807, 2.05) is 24.3 Å². The zero-order chi connectivity index (χ0) is 17.1. The molecule has 1 unspecified atom stereocenters. The van der Waals surface area contributed by atoms with Gasteiger partial charge in [0.1, 0.15) is 6.61 Å². The van der Waals surface area contributed by atoms with Gasteiger partial charge in [-0.2, -0.15) is 0 Å². The van der Waals surface area contributed by atoms with Crippen molar-refractivity contribution < 1.29 is 9.13 Å². The molecular weight excluding hydrogens is 337 g/mol. The van der Waals surface area contributed by atoms with E-state index in [1.165, 1.54) is 6.07 Å². The molecule has 0 aliphatic carbocycles. The lowest BCUT2D eigenvalue weighted by Crippen LogP contribution is -2.47. The number of benzene rings is 2. The molecule has 1 aliphatic heterocycles. The van der Waals surface area contributed by atoms with E-state index >= 15 is 0 Å². The van der Waals surface area contributed by atoms with Crippen LogP contribution in [0.15, 0.2) is 42.5 Å². The molecule has 0 radical (unpaired) electrons.